The normalized spacial score (nSPS) is 9.27. The number of isothiocyanates is 1. The van der Waals surface area contributed by atoms with E-state index in [1.165, 1.54) is 25.0 Å². The Bertz CT molecular complexity index is 1330. The Morgan fingerprint density at radius 1 is 0.697 bits per heavy atom. The summed E-state index contributed by atoms with van der Waals surface area (Å²) in [6.45, 7) is 2.19. The third kappa shape index (κ3) is 7.92. The fraction of sp³-hybridized carbons (Fsp3) is 0.167. The molecule has 0 aromatic heterocycles. The first kappa shape index (κ1) is 23.7. The van der Waals surface area contributed by atoms with Crippen LogP contribution in [0.5, 0.6) is 0 Å². The maximum atomic E-state index is 13.9. The molecule has 0 saturated heterocycles. The zero-order valence-corrected chi connectivity index (χ0v) is 19.2. The summed E-state index contributed by atoms with van der Waals surface area (Å²) < 4.78 is 13.9. The van der Waals surface area contributed by atoms with Gasteiger partial charge in [-0.05, 0) is 85.4 Å². The summed E-state index contributed by atoms with van der Waals surface area (Å²) in [6.07, 6.45) is 4.55. The van der Waals surface area contributed by atoms with Gasteiger partial charge in [-0.3, -0.25) is 0 Å². The minimum atomic E-state index is -0.475. The summed E-state index contributed by atoms with van der Waals surface area (Å²) in [5.41, 5.74) is 4.40. The summed E-state index contributed by atoms with van der Waals surface area (Å²) in [5.74, 6) is 18.3. The lowest BCUT2D eigenvalue weighted by Gasteiger charge is -1.96. The molecule has 0 heterocycles. The Morgan fingerprint density at radius 3 is 1.67 bits per heavy atom. The van der Waals surface area contributed by atoms with E-state index in [0.29, 0.717) is 5.56 Å². The van der Waals surface area contributed by atoms with Crippen molar-refractivity contribution in [2.45, 2.75) is 32.6 Å². The summed E-state index contributed by atoms with van der Waals surface area (Å²) in [6, 6.07) is 20.2. The monoisotopic (exact) mass is 447 g/mol. The second-order valence-corrected chi connectivity index (χ2v) is 7.47. The second-order valence-electron chi connectivity index (χ2n) is 7.28. The van der Waals surface area contributed by atoms with Gasteiger partial charge in [-0.25, -0.2) is 4.39 Å². The average molecular weight is 448 g/mol. The summed E-state index contributed by atoms with van der Waals surface area (Å²) in [4.78, 5) is 3.66. The Hall–Kier alpha value is -3.93. The standard InChI is InChI=1S/C30H22FNS/c1-2-3-4-5-6-7-24-8-10-25(11-9-24)12-13-26-14-16-27(17-15-26)18-19-28-20-21-30(32-23-33)29(31)22-28/h8-11,14-17,20-22H,2-5H2,1H3. The van der Waals surface area contributed by atoms with Crippen LogP contribution in [0.4, 0.5) is 10.1 Å². The Labute approximate surface area is 200 Å². The molecule has 3 rings (SSSR count). The van der Waals surface area contributed by atoms with Crippen LogP contribution in [0.15, 0.2) is 71.7 Å². The van der Waals surface area contributed by atoms with Crippen molar-refractivity contribution in [1.82, 2.24) is 0 Å². The highest BCUT2D eigenvalue weighted by Gasteiger charge is 2.00. The minimum Gasteiger partial charge on any atom is -0.205 e. The highest BCUT2D eigenvalue weighted by atomic mass is 32.1. The number of unbranched alkanes of at least 4 members (excludes halogenated alkanes) is 3. The average Bonchev–Trinajstić information content (AvgIpc) is 2.84. The van der Waals surface area contributed by atoms with Gasteiger partial charge in [0.1, 0.15) is 5.69 Å². The number of thiocarbonyl (C=S) groups is 1. The zero-order chi connectivity index (χ0) is 23.3. The third-order valence-corrected chi connectivity index (χ3v) is 4.82. The summed E-state index contributed by atoms with van der Waals surface area (Å²) in [5, 5.41) is 2.16. The van der Waals surface area contributed by atoms with E-state index in [-0.39, 0.29) is 5.69 Å². The van der Waals surface area contributed by atoms with E-state index in [9.17, 15) is 4.39 Å². The summed E-state index contributed by atoms with van der Waals surface area (Å²) >= 11 is 4.50. The van der Waals surface area contributed by atoms with Crippen molar-refractivity contribution >= 4 is 23.1 Å². The van der Waals surface area contributed by atoms with Crippen LogP contribution >= 0.6 is 12.2 Å². The van der Waals surface area contributed by atoms with Crippen molar-refractivity contribution in [3.8, 4) is 35.5 Å². The first-order chi connectivity index (χ1) is 16.2. The van der Waals surface area contributed by atoms with E-state index < -0.39 is 5.82 Å². The SMILES string of the molecule is CCCCCC#Cc1ccc(C#Cc2ccc(C#Cc3ccc(N=C=S)c(F)c3)cc2)cc1. The fourth-order valence-electron chi connectivity index (χ4n) is 2.91. The maximum absolute atomic E-state index is 13.9. The van der Waals surface area contributed by atoms with Gasteiger partial charge in [0.05, 0.1) is 5.16 Å². The number of rotatable bonds is 4. The van der Waals surface area contributed by atoms with Gasteiger partial charge in [0.15, 0.2) is 5.82 Å². The lowest BCUT2D eigenvalue weighted by molar-refractivity contribution is 0.629. The maximum Gasteiger partial charge on any atom is 0.150 e. The first-order valence-electron chi connectivity index (χ1n) is 10.8. The molecule has 0 fully saturated rings. The Morgan fingerprint density at radius 2 is 1.18 bits per heavy atom. The zero-order valence-electron chi connectivity index (χ0n) is 18.4. The third-order valence-electron chi connectivity index (χ3n) is 4.72. The van der Waals surface area contributed by atoms with E-state index in [0.717, 1.165) is 35.1 Å². The highest BCUT2D eigenvalue weighted by molar-refractivity contribution is 7.78. The predicted molar refractivity (Wildman–Crippen MR) is 137 cm³/mol. The van der Waals surface area contributed by atoms with Gasteiger partial charge < -0.3 is 0 Å². The number of aliphatic imine (C=N–C) groups is 1. The van der Waals surface area contributed by atoms with Crippen LogP contribution in [-0.2, 0) is 0 Å². The van der Waals surface area contributed by atoms with Crippen molar-refractivity contribution in [2.24, 2.45) is 4.99 Å². The van der Waals surface area contributed by atoms with Crippen LogP contribution in [0, 0.1) is 41.3 Å². The van der Waals surface area contributed by atoms with Gasteiger partial charge in [0, 0.05) is 34.2 Å². The molecular formula is C30H22FNS. The molecule has 3 aromatic carbocycles. The molecule has 0 aliphatic heterocycles. The molecule has 0 N–H and O–H groups in total. The van der Waals surface area contributed by atoms with Gasteiger partial charge >= 0.3 is 0 Å². The number of nitrogens with zero attached hydrogens (tertiary/aromatic N) is 1. The number of hydrogen-bond donors (Lipinski definition) is 0. The van der Waals surface area contributed by atoms with Crippen molar-refractivity contribution in [1.29, 1.82) is 0 Å². The molecule has 160 valence electrons. The molecular weight excluding hydrogens is 425 g/mol. The molecule has 3 aromatic rings. The van der Waals surface area contributed by atoms with Crippen LogP contribution in [0.2, 0.25) is 0 Å². The molecule has 0 radical (unpaired) electrons. The van der Waals surface area contributed by atoms with Gasteiger partial charge in [-0.1, -0.05) is 55.3 Å². The van der Waals surface area contributed by atoms with E-state index in [4.69, 9.17) is 0 Å². The van der Waals surface area contributed by atoms with Gasteiger partial charge in [0.2, 0.25) is 0 Å². The van der Waals surface area contributed by atoms with E-state index in [2.05, 4.69) is 64.8 Å². The van der Waals surface area contributed by atoms with E-state index in [1.807, 2.05) is 48.5 Å². The molecule has 0 saturated carbocycles. The van der Waals surface area contributed by atoms with Crippen molar-refractivity contribution in [3.05, 3.63) is 100 Å². The van der Waals surface area contributed by atoms with Crippen molar-refractivity contribution in [3.63, 3.8) is 0 Å². The van der Waals surface area contributed by atoms with Crippen LogP contribution in [0.25, 0.3) is 0 Å². The quantitative estimate of drug-likeness (QED) is 0.177. The second kappa shape index (κ2) is 12.8. The largest absolute Gasteiger partial charge is 0.205 e. The van der Waals surface area contributed by atoms with Crippen molar-refractivity contribution in [2.75, 3.05) is 0 Å². The van der Waals surface area contributed by atoms with Crippen LogP contribution in [-0.4, -0.2) is 5.16 Å². The van der Waals surface area contributed by atoms with Gasteiger partial charge in [-0.15, -0.1) is 0 Å². The van der Waals surface area contributed by atoms with Crippen LogP contribution < -0.4 is 0 Å². The lowest BCUT2D eigenvalue weighted by Crippen LogP contribution is -1.81. The van der Waals surface area contributed by atoms with Gasteiger partial charge in [-0.2, -0.15) is 4.99 Å². The van der Waals surface area contributed by atoms with E-state index in [1.54, 1.807) is 6.07 Å². The summed E-state index contributed by atoms with van der Waals surface area (Å²) in [7, 11) is 0. The molecule has 33 heavy (non-hydrogen) atoms. The molecule has 0 aliphatic carbocycles. The Kier molecular flexibility index (Phi) is 9.21. The fourth-order valence-corrected chi connectivity index (χ4v) is 3.01. The molecule has 0 amide bonds. The Balaban J connectivity index is 1.61. The molecule has 0 unspecified atom stereocenters. The molecule has 0 atom stereocenters. The minimum absolute atomic E-state index is 0.156. The molecule has 3 heteroatoms. The lowest BCUT2D eigenvalue weighted by atomic mass is 10.1. The smallest absolute Gasteiger partial charge is 0.150 e. The molecule has 0 spiro atoms. The highest BCUT2D eigenvalue weighted by Crippen LogP contribution is 2.18. The first-order valence-corrected chi connectivity index (χ1v) is 11.2. The van der Waals surface area contributed by atoms with Crippen LogP contribution in [0.1, 0.15) is 60.4 Å². The van der Waals surface area contributed by atoms with Crippen LogP contribution in [0.3, 0.4) is 0 Å². The molecule has 0 bridgehead atoms. The molecule has 1 nitrogen and oxygen atoms in total. The van der Waals surface area contributed by atoms with Gasteiger partial charge in [0.25, 0.3) is 0 Å². The topological polar surface area (TPSA) is 12.4 Å². The predicted octanol–water partition coefficient (Wildman–Crippen LogP) is 7.29. The molecule has 0 aliphatic rings. The van der Waals surface area contributed by atoms with Crippen molar-refractivity contribution < 1.29 is 4.39 Å². The number of halogens is 1. The number of benzene rings is 3. The van der Waals surface area contributed by atoms with E-state index >= 15 is 0 Å². The number of hydrogen-bond acceptors (Lipinski definition) is 2.